The molecule has 3 rings (SSSR count). The molecule has 1 amide bonds. The second-order valence-corrected chi connectivity index (χ2v) is 5.86. The summed E-state index contributed by atoms with van der Waals surface area (Å²) in [5.41, 5.74) is 5.35. The van der Waals surface area contributed by atoms with Crippen molar-refractivity contribution in [3.05, 3.63) is 96.1 Å². The molecule has 0 heterocycles. The van der Waals surface area contributed by atoms with E-state index in [0.29, 0.717) is 6.61 Å². The lowest BCUT2D eigenvalue weighted by molar-refractivity contribution is -0.119. The molecule has 0 aromatic heterocycles. The third-order valence-electron chi connectivity index (χ3n) is 3.74. The van der Waals surface area contributed by atoms with Gasteiger partial charge in [0.05, 0.1) is 12.8 Å². The van der Waals surface area contributed by atoms with Crippen LogP contribution < -0.4 is 15.5 Å². The Hall–Kier alpha value is -3.60. The number of nitrogens with zero attached hydrogens (tertiary/aromatic N) is 1. The summed E-state index contributed by atoms with van der Waals surface area (Å²) in [6.07, 6.45) is 1.59. The lowest BCUT2D eigenvalue weighted by atomic mass is 10.2. The van der Waals surface area contributed by atoms with Crippen LogP contribution in [0.25, 0.3) is 0 Å². The van der Waals surface area contributed by atoms with Gasteiger partial charge in [-0.3, -0.25) is 4.79 Å². The molecule has 0 aliphatic rings. The van der Waals surface area contributed by atoms with Crippen molar-refractivity contribution in [3.63, 3.8) is 0 Å². The Bertz CT molecular complexity index is 880. The Morgan fingerprint density at radius 3 is 2.44 bits per heavy atom. The van der Waals surface area contributed by atoms with Crippen LogP contribution in [0, 0.1) is 0 Å². The van der Waals surface area contributed by atoms with Crippen LogP contribution in [0.2, 0.25) is 0 Å². The molecule has 5 heteroatoms. The monoisotopic (exact) mass is 359 g/mol. The maximum absolute atomic E-state index is 11.8. The Balaban J connectivity index is 1.46. The number of para-hydroxylation sites is 1. The third-order valence-corrected chi connectivity index (χ3v) is 3.74. The van der Waals surface area contributed by atoms with Crippen molar-refractivity contribution in [2.24, 2.45) is 5.10 Å². The van der Waals surface area contributed by atoms with Crippen LogP contribution >= 0.6 is 0 Å². The second-order valence-electron chi connectivity index (χ2n) is 5.86. The predicted octanol–water partition coefficient (Wildman–Crippen LogP) is 3.83. The summed E-state index contributed by atoms with van der Waals surface area (Å²) in [6, 6.07) is 27.1. The van der Waals surface area contributed by atoms with Crippen LogP contribution in [0.5, 0.6) is 5.75 Å². The number of hydrazone groups is 1. The summed E-state index contributed by atoms with van der Waals surface area (Å²) in [4.78, 5) is 11.8. The molecule has 0 atom stereocenters. The minimum atomic E-state index is -0.216. The zero-order chi connectivity index (χ0) is 18.7. The molecule has 0 unspecified atom stereocenters. The highest BCUT2D eigenvalue weighted by atomic mass is 16.5. The highest BCUT2D eigenvalue weighted by Crippen LogP contribution is 2.14. The van der Waals surface area contributed by atoms with E-state index in [1.807, 2.05) is 84.9 Å². The van der Waals surface area contributed by atoms with Gasteiger partial charge in [-0.25, -0.2) is 5.43 Å². The summed E-state index contributed by atoms with van der Waals surface area (Å²) in [7, 11) is 0. The third kappa shape index (κ3) is 6.32. The summed E-state index contributed by atoms with van der Waals surface area (Å²) in [5, 5.41) is 7.02. The molecule has 3 aromatic rings. The molecule has 0 spiro atoms. The summed E-state index contributed by atoms with van der Waals surface area (Å²) < 4.78 is 5.79. The van der Waals surface area contributed by atoms with Crippen LogP contribution in [-0.4, -0.2) is 18.7 Å². The molecule has 0 aliphatic heterocycles. The van der Waals surface area contributed by atoms with Crippen LogP contribution in [0.15, 0.2) is 90.0 Å². The van der Waals surface area contributed by atoms with E-state index < -0.39 is 0 Å². The van der Waals surface area contributed by atoms with Crippen molar-refractivity contribution in [1.29, 1.82) is 0 Å². The first-order chi connectivity index (χ1) is 13.3. The van der Waals surface area contributed by atoms with Gasteiger partial charge in [-0.15, -0.1) is 0 Å². The van der Waals surface area contributed by atoms with Gasteiger partial charge in [0.25, 0.3) is 5.91 Å². The molecular formula is C22H21N3O2. The van der Waals surface area contributed by atoms with Crippen molar-refractivity contribution in [2.75, 3.05) is 11.9 Å². The Morgan fingerprint density at radius 1 is 0.926 bits per heavy atom. The number of nitrogens with one attached hydrogen (secondary N) is 2. The van der Waals surface area contributed by atoms with Gasteiger partial charge in [0.15, 0.2) is 0 Å². The summed E-state index contributed by atoms with van der Waals surface area (Å²) in [6.45, 7) is 0.658. The predicted molar refractivity (Wildman–Crippen MR) is 108 cm³/mol. The van der Waals surface area contributed by atoms with Gasteiger partial charge < -0.3 is 10.1 Å². The fraction of sp³-hybridized carbons (Fsp3) is 0.0909. The number of carbonyl (C=O) groups is 1. The summed E-state index contributed by atoms with van der Waals surface area (Å²) >= 11 is 0. The molecule has 27 heavy (non-hydrogen) atoms. The Kier molecular flexibility index (Phi) is 6.59. The van der Waals surface area contributed by atoms with Crippen LogP contribution in [0.1, 0.15) is 11.1 Å². The number of benzene rings is 3. The van der Waals surface area contributed by atoms with Gasteiger partial charge in [-0.05, 0) is 35.4 Å². The van der Waals surface area contributed by atoms with E-state index in [9.17, 15) is 4.79 Å². The average Bonchev–Trinajstić information content (AvgIpc) is 2.73. The SMILES string of the molecule is O=C(CNc1ccccc1)NN=Cc1cccc(OCc2ccccc2)c1. The number of hydrogen-bond acceptors (Lipinski definition) is 4. The van der Waals surface area contributed by atoms with E-state index in [4.69, 9.17) is 4.74 Å². The smallest absolute Gasteiger partial charge is 0.259 e. The minimum Gasteiger partial charge on any atom is -0.489 e. The summed E-state index contributed by atoms with van der Waals surface area (Å²) in [5.74, 6) is 0.534. The molecule has 0 bridgehead atoms. The molecule has 0 saturated heterocycles. The molecule has 5 nitrogen and oxygen atoms in total. The Labute approximate surface area is 158 Å². The number of hydrogen-bond donors (Lipinski definition) is 2. The maximum atomic E-state index is 11.8. The minimum absolute atomic E-state index is 0.154. The van der Waals surface area contributed by atoms with E-state index in [2.05, 4.69) is 15.8 Å². The number of ether oxygens (including phenoxy) is 1. The van der Waals surface area contributed by atoms with Crippen LogP contribution in [0.3, 0.4) is 0 Å². The largest absolute Gasteiger partial charge is 0.489 e. The topological polar surface area (TPSA) is 62.7 Å². The number of anilines is 1. The first kappa shape index (κ1) is 18.2. The van der Waals surface area contributed by atoms with E-state index >= 15 is 0 Å². The van der Waals surface area contributed by atoms with Crippen molar-refractivity contribution < 1.29 is 9.53 Å². The first-order valence-electron chi connectivity index (χ1n) is 8.67. The normalized spacial score (nSPS) is 10.5. The van der Waals surface area contributed by atoms with Gasteiger partial charge in [-0.2, -0.15) is 5.10 Å². The van der Waals surface area contributed by atoms with E-state index in [1.165, 1.54) is 0 Å². The lowest BCUT2D eigenvalue weighted by Gasteiger charge is -2.07. The average molecular weight is 359 g/mol. The highest BCUT2D eigenvalue weighted by molar-refractivity contribution is 5.84. The van der Waals surface area contributed by atoms with Gasteiger partial charge in [0, 0.05) is 5.69 Å². The molecule has 3 aromatic carbocycles. The van der Waals surface area contributed by atoms with E-state index in [0.717, 1.165) is 22.6 Å². The van der Waals surface area contributed by atoms with E-state index in [-0.39, 0.29) is 12.5 Å². The van der Waals surface area contributed by atoms with Gasteiger partial charge in [-0.1, -0.05) is 60.7 Å². The number of amides is 1. The van der Waals surface area contributed by atoms with Gasteiger partial charge in [0.1, 0.15) is 12.4 Å². The zero-order valence-electron chi connectivity index (χ0n) is 14.8. The molecule has 0 fully saturated rings. The van der Waals surface area contributed by atoms with E-state index in [1.54, 1.807) is 6.21 Å². The number of rotatable bonds is 8. The molecular weight excluding hydrogens is 338 g/mol. The highest BCUT2D eigenvalue weighted by Gasteiger charge is 2.00. The fourth-order valence-corrected chi connectivity index (χ4v) is 2.38. The second kappa shape index (κ2) is 9.77. The molecule has 0 radical (unpaired) electrons. The fourth-order valence-electron chi connectivity index (χ4n) is 2.38. The van der Waals surface area contributed by atoms with Crippen molar-refractivity contribution >= 4 is 17.8 Å². The molecule has 2 N–H and O–H groups in total. The van der Waals surface area contributed by atoms with Crippen molar-refractivity contribution in [3.8, 4) is 5.75 Å². The van der Waals surface area contributed by atoms with Crippen LogP contribution in [0.4, 0.5) is 5.69 Å². The standard InChI is InChI=1S/C22H21N3O2/c26-22(16-23-20-11-5-2-6-12-20)25-24-15-19-10-7-13-21(14-19)27-17-18-8-3-1-4-9-18/h1-15,23H,16-17H2,(H,25,26). The van der Waals surface area contributed by atoms with Crippen molar-refractivity contribution in [2.45, 2.75) is 6.61 Å². The Morgan fingerprint density at radius 2 is 1.67 bits per heavy atom. The lowest BCUT2D eigenvalue weighted by Crippen LogP contribution is -2.25. The van der Waals surface area contributed by atoms with Gasteiger partial charge >= 0.3 is 0 Å². The maximum Gasteiger partial charge on any atom is 0.259 e. The molecule has 0 saturated carbocycles. The van der Waals surface area contributed by atoms with Crippen molar-refractivity contribution in [1.82, 2.24) is 5.43 Å². The quantitative estimate of drug-likeness (QED) is 0.475. The molecule has 0 aliphatic carbocycles. The zero-order valence-corrected chi connectivity index (χ0v) is 14.8. The van der Waals surface area contributed by atoms with Gasteiger partial charge in [0.2, 0.25) is 0 Å². The number of carbonyl (C=O) groups excluding carboxylic acids is 1. The first-order valence-corrected chi connectivity index (χ1v) is 8.67. The van der Waals surface area contributed by atoms with Crippen LogP contribution in [-0.2, 0) is 11.4 Å². The molecule has 136 valence electrons.